The van der Waals surface area contributed by atoms with Crippen molar-refractivity contribution in [1.82, 2.24) is 19.3 Å². The number of amides is 1. The summed E-state index contributed by atoms with van der Waals surface area (Å²) in [7, 11) is -0.639. The van der Waals surface area contributed by atoms with Gasteiger partial charge in [-0.25, -0.2) is 12.7 Å². The van der Waals surface area contributed by atoms with E-state index in [2.05, 4.69) is 10.1 Å². The number of piperidine rings is 1. The number of nitrogens with zero attached hydrogens (tertiary/aromatic N) is 4. The molecule has 1 aromatic carbocycles. The predicted molar refractivity (Wildman–Crippen MR) is 94.2 cm³/mol. The number of hydrogen-bond acceptors (Lipinski definition) is 6. The van der Waals surface area contributed by atoms with Gasteiger partial charge in [-0.3, -0.25) is 4.79 Å². The second-order valence-electron chi connectivity index (χ2n) is 6.56. The Morgan fingerprint density at radius 1 is 1.27 bits per heavy atom. The third-order valence-corrected chi connectivity index (χ3v) is 6.35. The van der Waals surface area contributed by atoms with Gasteiger partial charge in [0.25, 0.3) is 5.91 Å². The molecule has 1 aliphatic heterocycles. The van der Waals surface area contributed by atoms with Gasteiger partial charge >= 0.3 is 0 Å². The standard InChI is InChI=1S/C17H22N4O4S/c1-12-18-16(25-19-12)13-7-9-21(10-8-13)17(22)14-5-4-6-15(11-14)26(23,24)20(2)3/h4-6,11,13H,7-10H2,1-3H3. The lowest BCUT2D eigenvalue weighted by Crippen LogP contribution is -2.38. The normalized spacial score (nSPS) is 16.2. The van der Waals surface area contributed by atoms with Crippen LogP contribution >= 0.6 is 0 Å². The molecule has 0 bridgehead atoms. The van der Waals surface area contributed by atoms with Gasteiger partial charge in [0.2, 0.25) is 15.9 Å². The highest BCUT2D eigenvalue weighted by Crippen LogP contribution is 2.27. The van der Waals surface area contributed by atoms with E-state index in [0.717, 1.165) is 17.1 Å². The minimum absolute atomic E-state index is 0.115. The van der Waals surface area contributed by atoms with Crippen LogP contribution in [0.3, 0.4) is 0 Å². The summed E-state index contributed by atoms with van der Waals surface area (Å²) in [5, 5.41) is 3.81. The number of likely N-dealkylation sites (tertiary alicyclic amines) is 1. The zero-order chi connectivity index (χ0) is 18.9. The number of carbonyl (C=O) groups is 1. The summed E-state index contributed by atoms with van der Waals surface area (Å²) in [6.07, 6.45) is 1.48. The molecule has 1 fully saturated rings. The SMILES string of the molecule is Cc1noc(C2CCN(C(=O)c3cccc(S(=O)(=O)N(C)C)c3)CC2)n1. The molecule has 8 nitrogen and oxygen atoms in total. The molecule has 26 heavy (non-hydrogen) atoms. The summed E-state index contributed by atoms with van der Waals surface area (Å²) < 4.78 is 30.9. The van der Waals surface area contributed by atoms with E-state index in [-0.39, 0.29) is 16.7 Å². The Labute approximate surface area is 152 Å². The van der Waals surface area contributed by atoms with Crippen LogP contribution in [0.5, 0.6) is 0 Å². The zero-order valence-corrected chi connectivity index (χ0v) is 15.9. The largest absolute Gasteiger partial charge is 0.339 e. The molecule has 0 aliphatic carbocycles. The van der Waals surface area contributed by atoms with E-state index in [4.69, 9.17) is 4.52 Å². The van der Waals surface area contributed by atoms with E-state index >= 15 is 0 Å². The van der Waals surface area contributed by atoms with Crippen LogP contribution in [-0.2, 0) is 10.0 Å². The average Bonchev–Trinajstić information content (AvgIpc) is 3.07. The lowest BCUT2D eigenvalue weighted by molar-refractivity contribution is 0.0704. The van der Waals surface area contributed by atoms with Crippen molar-refractivity contribution in [2.75, 3.05) is 27.2 Å². The Bertz CT molecular complexity index is 899. The van der Waals surface area contributed by atoms with Crippen molar-refractivity contribution in [1.29, 1.82) is 0 Å². The fraction of sp³-hybridized carbons (Fsp3) is 0.471. The van der Waals surface area contributed by atoms with Gasteiger partial charge in [0.05, 0.1) is 4.90 Å². The maximum Gasteiger partial charge on any atom is 0.253 e. The molecule has 0 N–H and O–H groups in total. The van der Waals surface area contributed by atoms with Gasteiger partial charge in [0, 0.05) is 38.7 Å². The van der Waals surface area contributed by atoms with Gasteiger partial charge in [0.15, 0.2) is 5.82 Å². The lowest BCUT2D eigenvalue weighted by atomic mass is 9.96. The second-order valence-corrected chi connectivity index (χ2v) is 8.71. The molecular weight excluding hydrogens is 356 g/mol. The molecule has 9 heteroatoms. The molecule has 3 rings (SSSR count). The minimum Gasteiger partial charge on any atom is -0.339 e. The summed E-state index contributed by atoms with van der Waals surface area (Å²) >= 11 is 0. The maximum absolute atomic E-state index is 12.8. The highest BCUT2D eigenvalue weighted by molar-refractivity contribution is 7.89. The van der Waals surface area contributed by atoms with Gasteiger partial charge < -0.3 is 9.42 Å². The van der Waals surface area contributed by atoms with Crippen LogP contribution in [0.15, 0.2) is 33.7 Å². The summed E-state index contributed by atoms with van der Waals surface area (Å²) in [5.41, 5.74) is 0.375. The van der Waals surface area contributed by atoms with Crippen LogP contribution in [0.25, 0.3) is 0 Å². The number of carbonyl (C=O) groups excluding carboxylic acids is 1. The van der Waals surface area contributed by atoms with E-state index in [1.165, 1.54) is 26.2 Å². The van der Waals surface area contributed by atoms with Crippen LogP contribution in [0.2, 0.25) is 0 Å². The molecule has 2 aromatic rings. The molecule has 140 valence electrons. The highest BCUT2D eigenvalue weighted by atomic mass is 32.2. The number of hydrogen-bond donors (Lipinski definition) is 0. The molecule has 0 atom stereocenters. The van der Waals surface area contributed by atoms with Crippen molar-refractivity contribution in [3.05, 3.63) is 41.5 Å². The Balaban J connectivity index is 1.71. The first-order chi connectivity index (χ1) is 12.3. The Morgan fingerprint density at radius 3 is 2.54 bits per heavy atom. The van der Waals surface area contributed by atoms with E-state index in [1.807, 2.05) is 0 Å². The maximum atomic E-state index is 12.8. The number of aryl methyl sites for hydroxylation is 1. The van der Waals surface area contributed by atoms with Crippen LogP contribution < -0.4 is 0 Å². The van der Waals surface area contributed by atoms with Gasteiger partial charge in [-0.1, -0.05) is 11.2 Å². The van der Waals surface area contributed by atoms with Gasteiger partial charge in [-0.05, 0) is 38.0 Å². The van der Waals surface area contributed by atoms with Crippen molar-refractivity contribution in [2.24, 2.45) is 0 Å². The first kappa shape index (κ1) is 18.5. The van der Waals surface area contributed by atoms with Crippen LogP contribution in [0.1, 0.15) is 40.8 Å². The summed E-state index contributed by atoms with van der Waals surface area (Å²) in [6, 6.07) is 6.17. The topological polar surface area (TPSA) is 96.6 Å². The second kappa shape index (κ2) is 7.16. The van der Waals surface area contributed by atoms with Gasteiger partial charge in [-0.15, -0.1) is 0 Å². The first-order valence-corrected chi connectivity index (χ1v) is 9.85. The van der Waals surface area contributed by atoms with Crippen molar-refractivity contribution in [3.63, 3.8) is 0 Å². The van der Waals surface area contributed by atoms with Crippen LogP contribution in [0.4, 0.5) is 0 Å². The first-order valence-electron chi connectivity index (χ1n) is 8.41. The predicted octanol–water partition coefficient (Wildman–Crippen LogP) is 1.65. The number of benzene rings is 1. The summed E-state index contributed by atoms with van der Waals surface area (Å²) in [4.78, 5) is 18.9. The third-order valence-electron chi connectivity index (χ3n) is 4.53. The number of rotatable bonds is 4. The lowest BCUT2D eigenvalue weighted by Gasteiger charge is -2.30. The van der Waals surface area contributed by atoms with Crippen molar-refractivity contribution in [3.8, 4) is 0 Å². The highest BCUT2D eigenvalue weighted by Gasteiger charge is 2.28. The van der Waals surface area contributed by atoms with E-state index in [0.29, 0.717) is 30.4 Å². The summed E-state index contributed by atoms with van der Waals surface area (Å²) in [5.74, 6) is 1.22. The van der Waals surface area contributed by atoms with E-state index < -0.39 is 10.0 Å². The molecular formula is C17H22N4O4S. The molecule has 0 saturated carbocycles. The van der Waals surface area contributed by atoms with E-state index in [9.17, 15) is 13.2 Å². The Hall–Kier alpha value is -2.26. The number of aromatic nitrogens is 2. The molecule has 0 spiro atoms. The summed E-state index contributed by atoms with van der Waals surface area (Å²) in [6.45, 7) is 2.91. The van der Waals surface area contributed by atoms with Crippen LogP contribution in [-0.4, -0.2) is 60.9 Å². The van der Waals surface area contributed by atoms with Gasteiger partial charge in [-0.2, -0.15) is 4.98 Å². The molecule has 0 unspecified atom stereocenters. The Morgan fingerprint density at radius 2 is 1.96 bits per heavy atom. The minimum atomic E-state index is -3.57. The smallest absolute Gasteiger partial charge is 0.253 e. The molecule has 2 heterocycles. The fourth-order valence-electron chi connectivity index (χ4n) is 2.99. The van der Waals surface area contributed by atoms with Crippen molar-refractivity contribution < 1.29 is 17.7 Å². The molecule has 1 aromatic heterocycles. The quantitative estimate of drug-likeness (QED) is 0.802. The van der Waals surface area contributed by atoms with Crippen molar-refractivity contribution >= 4 is 15.9 Å². The monoisotopic (exact) mass is 378 g/mol. The molecule has 0 radical (unpaired) electrons. The molecule has 1 amide bonds. The molecule has 1 saturated heterocycles. The van der Waals surface area contributed by atoms with Gasteiger partial charge in [0.1, 0.15) is 0 Å². The van der Waals surface area contributed by atoms with Crippen molar-refractivity contribution in [2.45, 2.75) is 30.6 Å². The number of sulfonamides is 1. The zero-order valence-electron chi connectivity index (χ0n) is 15.0. The molecule has 1 aliphatic rings. The fourth-order valence-corrected chi connectivity index (χ4v) is 3.94. The Kier molecular flexibility index (Phi) is 5.10. The average molecular weight is 378 g/mol. The van der Waals surface area contributed by atoms with E-state index in [1.54, 1.807) is 24.0 Å². The third kappa shape index (κ3) is 3.63. The van der Waals surface area contributed by atoms with Crippen LogP contribution in [0, 0.1) is 6.92 Å².